The summed E-state index contributed by atoms with van der Waals surface area (Å²) in [7, 11) is 3.55. The molecule has 0 saturated heterocycles. The van der Waals surface area contributed by atoms with Gasteiger partial charge in [0.1, 0.15) is 17.0 Å². The van der Waals surface area contributed by atoms with Crippen LogP contribution in [0.25, 0.3) is 10.2 Å². The Kier molecular flexibility index (Phi) is 7.21. The van der Waals surface area contributed by atoms with Crippen molar-refractivity contribution < 1.29 is 18.0 Å². The third-order valence-corrected chi connectivity index (χ3v) is 7.77. The van der Waals surface area contributed by atoms with E-state index in [-0.39, 0.29) is 16.2 Å². The van der Waals surface area contributed by atoms with Gasteiger partial charge in [-0.05, 0) is 61.4 Å². The number of anilines is 2. The molecular formula is C25H30F3N5OS. The largest absolute Gasteiger partial charge is 0.393 e. The Labute approximate surface area is 207 Å². The first-order valence-electron chi connectivity index (χ1n) is 11.7. The average molecular weight is 506 g/mol. The molecule has 2 N–H and O–H groups in total. The Morgan fingerprint density at radius 3 is 2.69 bits per heavy atom. The van der Waals surface area contributed by atoms with Crippen LogP contribution in [-0.4, -0.2) is 48.7 Å². The fourth-order valence-electron chi connectivity index (χ4n) is 4.80. The molecule has 6 nitrogen and oxygen atoms in total. The summed E-state index contributed by atoms with van der Waals surface area (Å²) in [5.74, 6) is 0.571. The predicted octanol–water partition coefficient (Wildman–Crippen LogP) is 5.65. The summed E-state index contributed by atoms with van der Waals surface area (Å²) < 4.78 is 38.5. The summed E-state index contributed by atoms with van der Waals surface area (Å²) in [6.45, 7) is 3.04. The molecule has 0 bridgehead atoms. The molecule has 1 fully saturated rings. The number of nitrogens with one attached hydrogen (secondary N) is 2. The number of carbonyl (C=O) groups is 1. The van der Waals surface area contributed by atoms with Gasteiger partial charge in [0.25, 0.3) is 5.91 Å². The van der Waals surface area contributed by atoms with Gasteiger partial charge in [-0.3, -0.25) is 4.79 Å². The average Bonchev–Trinajstić information content (AvgIpc) is 3.38. The van der Waals surface area contributed by atoms with E-state index < -0.39 is 12.6 Å². The van der Waals surface area contributed by atoms with Crippen LogP contribution in [0.2, 0.25) is 0 Å². The lowest BCUT2D eigenvalue weighted by atomic mass is 9.84. The predicted molar refractivity (Wildman–Crippen MR) is 134 cm³/mol. The number of hydrogen-bond acceptors (Lipinski definition) is 6. The second-order valence-corrected chi connectivity index (χ2v) is 10.8. The monoisotopic (exact) mass is 505 g/mol. The van der Waals surface area contributed by atoms with Crippen molar-refractivity contribution in [2.75, 3.05) is 30.9 Å². The zero-order valence-corrected chi connectivity index (χ0v) is 20.9. The lowest BCUT2D eigenvalue weighted by Gasteiger charge is -2.28. The Bertz CT molecular complexity index is 1180. The van der Waals surface area contributed by atoms with Crippen molar-refractivity contribution in [2.24, 2.45) is 5.41 Å². The number of carbonyl (C=O) groups excluding carboxylic acids is 1. The van der Waals surface area contributed by atoms with Crippen LogP contribution in [0.15, 0.2) is 36.7 Å². The van der Waals surface area contributed by atoms with Crippen molar-refractivity contribution in [3.63, 3.8) is 0 Å². The van der Waals surface area contributed by atoms with E-state index in [1.54, 1.807) is 13.1 Å². The molecule has 1 aliphatic carbocycles. The molecule has 3 aromatic rings. The number of alkyl halides is 3. The summed E-state index contributed by atoms with van der Waals surface area (Å²) in [6, 6.07) is 9.43. The first kappa shape index (κ1) is 25.2. The maximum absolute atomic E-state index is 12.8. The minimum atomic E-state index is -4.24. The zero-order valence-electron chi connectivity index (χ0n) is 20.1. The SMILES string of the molecule is CNC(=O)c1ccc(N[C@@H]2CC[C@](C)(CCN(C)c3ncnc4sc(CC(F)(F)F)cc34)C2)cc1. The number of aromatic nitrogens is 2. The molecule has 2 aromatic heterocycles. The van der Waals surface area contributed by atoms with Gasteiger partial charge in [-0.15, -0.1) is 11.3 Å². The van der Waals surface area contributed by atoms with Crippen LogP contribution >= 0.6 is 11.3 Å². The summed E-state index contributed by atoms with van der Waals surface area (Å²) in [5.41, 5.74) is 1.78. The molecule has 1 amide bonds. The van der Waals surface area contributed by atoms with Gasteiger partial charge in [0.05, 0.1) is 11.8 Å². The van der Waals surface area contributed by atoms with E-state index in [1.807, 2.05) is 36.2 Å². The fourth-order valence-corrected chi connectivity index (χ4v) is 5.82. The van der Waals surface area contributed by atoms with Gasteiger partial charge in [0, 0.05) is 42.8 Å². The van der Waals surface area contributed by atoms with Gasteiger partial charge in [-0.25, -0.2) is 9.97 Å². The summed E-state index contributed by atoms with van der Waals surface area (Å²) in [6.07, 6.45) is 0.345. The number of rotatable bonds is 8. The summed E-state index contributed by atoms with van der Waals surface area (Å²) in [5, 5.41) is 6.89. The van der Waals surface area contributed by atoms with E-state index >= 15 is 0 Å². The molecule has 2 atom stereocenters. The number of hydrogen-bond donors (Lipinski definition) is 2. The van der Waals surface area contributed by atoms with Gasteiger partial charge in [-0.1, -0.05) is 6.92 Å². The van der Waals surface area contributed by atoms with E-state index in [0.29, 0.717) is 27.6 Å². The van der Waals surface area contributed by atoms with Gasteiger partial charge < -0.3 is 15.5 Å². The Hall–Kier alpha value is -2.88. The molecule has 188 valence electrons. The molecule has 0 radical (unpaired) electrons. The van der Waals surface area contributed by atoms with Crippen LogP contribution in [0.4, 0.5) is 24.7 Å². The minimum Gasteiger partial charge on any atom is -0.382 e. The Morgan fingerprint density at radius 1 is 1.26 bits per heavy atom. The topological polar surface area (TPSA) is 70.2 Å². The van der Waals surface area contributed by atoms with Gasteiger partial charge in [0.15, 0.2) is 0 Å². The molecule has 10 heteroatoms. The highest BCUT2D eigenvalue weighted by Gasteiger charge is 2.35. The van der Waals surface area contributed by atoms with Crippen molar-refractivity contribution in [1.82, 2.24) is 15.3 Å². The van der Waals surface area contributed by atoms with Crippen LogP contribution in [-0.2, 0) is 6.42 Å². The normalized spacial score (nSPS) is 20.2. The lowest BCUT2D eigenvalue weighted by Crippen LogP contribution is -2.27. The smallest absolute Gasteiger partial charge is 0.382 e. The van der Waals surface area contributed by atoms with E-state index in [1.165, 1.54) is 6.33 Å². The van der Waals surface area contributed by atoms with Crippen LogP contribution < -0.4 is 15.5 Å². The van der Waals surface area contributed by atoms with Crippen LogP contribution in [0.3, 0.4) is 0 Å². The number of nitrogens with zero attached hydrogens (tertiary/aromatic N) is 3. The second kappa shape index (κ2) is 10.0. The first-order chi connectivity index (χ1) is 16.5. The van der Waals surface area contributed by atoms with E-state index in [0.717, 1.165) is 49.3 Å². The van der Waals surface area contributed by atoms with E-state index in [2.05, 4.69) is 27.5 Å². The van der Waals surface area contributed by atoms with Crippen molar-refractivity contribution >= 4 is 39.0 Å². The van der Waals surface area contributed by atoms with E-state index in [9.17, 15) is 18.0 Å². The number of amides is 1. The van der Waals surface area contributed by atoms with Crippen molar-refractivity contribution in [2.45, 2.75) is 51.2 Å². The van der Waals surface area contributed by atoms with Gasteiger partial charge in [-0.2, -0.15) is 13.2 Å². The highest BCUT2D eigenvalue weighted by Crippen LogP contribution is 2.42. The van der Waals surface area contributed by atoms with Crippen LogP contribution in [0, 0.1) is 5.41 Å². The molecule has 0 aliphatic heterocycles. The van der Waals surface area contributed by atoms with Gasteiger partial charge in [0.2, 0.25) is 0 Å². The Balaban J connectivity index is 1.35. The molecular weight excluding hydrogens is 475 g/mol. The second-order valence-electron chi connectivity index (χ2n) is 9.64. The lowest BCUT2D eigenvalue weighted by molar-refractivity contribution is -0.126. The molecule has 35 heavy (non-hydrogen) atoms. The molecule has 0 unspecified atom stereocenters. The first-order valence-corrected chi connectivity index (χ1v) is 12.5. The highest BCUT2D eigenvalue weighted by molar-refractivity contribution is 7.18. The van der Waals surface area contributed by atoms with Crippen LogP contribution in [0.5, 0.6) is 0 Å². The standard InChI is InChI=1S/C25H30F3N5OS/c1-24(9-8-18(13-24)32-17-6-4-16(5-7-17)22(34)29-2)10-11-33(3)21-20-12-19(14-25(26,27)28)35-23(20)31-15-30-21/h4-7,12,15,18,32H,8-11,13-14H2,1-3H3,(H,29,34)/t18-,24-/m1/s1. The van der Waals surface area contributed by atoms with E-state index in [4.69, 9.17) is 0 Å². The van der Waals surface area contributed by atoms with Crippen molar-refractivity contribution in [3.8, 4) is 0 Å². The fraction of sp³-hybridized carbons (Fsp3) is 0.480. The third-order valence-electron chi connectivity index (χ3n) is 6.73. The van der Waals surface area contributed by atoms with Gasteiger partial charge >= 0.3 is 6.18 Å². The third kappa shape index (κ3) is 6.22. The highest BCUT2D eigenvalue weighted by atomic mass is 32.1. The molecule has 2 heterocycles. The van der Waals surface area contributed by atoms with Crippen LogP contribution in [0.1, 0.15) is 47.8 Å². The molecule has 4 rings (SSSR count). The maximum atomic E-state index is 12.8. The quantitative estimate of drug-likeness (QED) is 0.414. The van der Waals surface area contributed by atoms with Crippen molar-refractivity contribution in [1.29, 1.82) is 0 Å². The number of fused-ring (bicyclic) bond motifs is 1. The Morgan fingerprint density at radius 2 is 2.00 bits per heavy atom. The van der Waals surface area contributed by atoms with Crippen molar-refractivity contribution in [3.05, 3.63) is 47.1 Å². The number of thiophene rings is 1. The zero-order chi connectivity index (χ0) is 25.2. The molecule has 1 aromatic carbocycles. The summed E-state index contributed by atoms with van der Waals surface area (Å²) in [4.78, 5) is 23.1. The minimum absolute atomic E-state index is 0.103. The molecule has 0 spiro atoms. The maximum Gasteiger partial charge on any atom is 0.393 e. The summed E-state index contributed by atoms with van der Waals surface area (Å²) >= 11 is 1.07. The number of halogens is 3. The number of benzene rings is 1. The molecule has 1 aliphatic rings. The molecule has 1 saturated carbocycles.